The van der Waals surface area contributed by atoms with E-state index < -0.39 is 0 Å². The first-order valence-electron chi connectivity index (χ1n) is 8.71. The number of para-hydroxylation sites is 1. The van der Waals surface area contributed by atoms with E-state index in [9.17, 15) is 4.79 Å². The van der Waals surface area contributed by atoms with Gasteiger partial charge in [-0.3, -0.25) is 4.79 Å². The Balaban J connectivity index is 1.56. The Kier molecular flexibility index (Phi) is 4.51. The van der Waals surface area contributed by atoms with Crippen LogP contribution in [0, 0.1) is 18.3 Å². The van der Waals surface area contributed by atoms with Crippen LogP contribution in [0.4, 0.5) is 0 Å². The molecule has 0 radical (unpaired) electrons. The molecule has 0 aliphatic heterocycles. The number of aromatic nitrogens is 4. The lowest BCUT2D eigenvalue weighted by Gasteiger charge is -2.05. The normalized spacial score (nSPS) is 13.8. The van der Waals surface area contributed by atoms with Crippen LogP contribution in [0.5, 0.6) is 0 Å². The van der Waals surface area contributed by atoms with Gasteiger partial charge in [0.2, 0.25) is 0 Å². The number of thioether (sulfide) groups is 1. The molecule has 0 spiro atoms. The number of Topliss-reactive ketones (excluding diaryl/α,β-unsaturated/α-hetero) is 1. The van der Waals surface area contributed by atoms with Gasteiger partial charge in [-0.05, 0) is 25.8 Å². The number of aryl methyl sites for hydroxylation is 2. The number of fused-ring (bicyclic) bond motifs is 1. The topological polar surface area (TPSA) is 76.5 Å². The molecule has 0 saturated heterocycles. The van der Waals surface area contributed by atoms with Gasteiger partial charge in [0, 0.05) is 35.2 Å². The van der Waals surface area contributed by atoms with Gasteiger partial charge in [0.1, 0.15) is 5.82 Å². The molecule has 3 aromatic rings. The third kappa shape index (κ3) is 3.13. The van der Waals surface area contributed by atoms with Crippen molar-refractivity contribution in [3.8, 4) is 6.07 Å². The molecule has 4 rings (SSSR count). The Bertz CT molecular complexity index is 1010. The minimum Gasteiger partial charge on any atom is -0.346 e. The molecule has 0 unspecified atom stereocenters. The number of hydrogen-bond acceptors (Lipinski definition) is 5. The molecule has 0 atom stereocenters. The van der Waals surface area contributed by atoms with E-state index in [-0.39, 0.29) is 5.78 Å². The van der Waals surface area contributed by atoms with Gasteiger partial charge in [-0.1, -0.05) is 30.0 Å². The van der Waals surface area contributed by atoms with Crippen molar-refractivity contribution < 1.29 is 4.79 Å². The van der Waals surface area contributed by atoms with E-state index in [0.717, 1.165) is 34.7 Å². The molecule has 2 heterocycles. The average Bonchev–Trinajstić information content (AvgIpc) is 3.32. The second kappa shape index (κ2) is 6.96. The van der Waals surface area contributed by atoms with Gasteiger partial charge in [-0.2, -0.15) is 5.26 Å². The maximum Gasteiger partial charge on any atom is 0.191 e. The second-order valence-corrected chi connectivity index (χ2v) is 7.45. The second-order valence-electron chi connectivity index (χ2n) is 6.50. The van der Waals surface area contributed by atoms with E-state index in [1.54, 1.807) is 0 Å². The fourth-order valence-corrected chi connectivity index (χ4v) is 4.17. The first-order chi connectivity index (χ1) is 12.7. The third-order valence-electron chi connectivity index (χ3n) is 4.63. The molecular weight excluding hydrogens is 346 g/mol. The van der Waals surface area contributed by atoms with Crippen molar-refractivity contribution in [2.75, 3.05) is 5.75 Å². The SMILES string of the molecule is Cc1nnc(SCC(=O)c2cn(CCC#N)c3ccccc23)n1C1CC1. The maximum absolute atomic E-state index is 12.9. The molecule has 1 aromatic carbocycles. The fourth-order valence-electron chi connectivity index (χ4n) is 3.23. The largest absolute Gasteiger partial charge is 0.346 e. The highest BCUT2D eigenvalue weighted by Gasteiger charge is 2.28. The van der Waals surface area contributed by atoms with Crippen LogP contribution in [0.3, 0.4) is 0 Å². The van der Waals surface area contributed by atoms with Crippen molar-refractivity contribution in [3.05, 3.63) is 41.9 Å². The first kappa shape index (κ1) is 16.9. The minimum atomic E-state index is 0.0740. The van der Waals surface area contributed by atoms with Gasteiger partial charge in [0.25, 0.3) is 0 Å². The lowest BCUT2D eigenvalue weighted by atomic mass is 10.1. The molecule has 1 saturated carbocycles. The summed E-state index contributed by atoms with van der Waals surface area (Å²) in [6.07, 6.45) is 4.62. The Hall–Kier alpha value is -2.59. The smallest absolute Gasteiger partial charge is 0.191 e. The average molecular weight is 365 g/mol. The van der Waals surface area contributed by atoms with E-state index in [4.69, 9.17) is 5.26 Å². The lowest BCUT2D eigenvalue weighted by molar-refractivity contribution is 0.102. The van der Waals surface area contributed by atoms with Crippen molar-refractivity contribution in [3.63, 3.8) is 0 Å². The lowest BCUT2D eigenvalue weighted by Crippen LogP contribution is -2.05. The van der Waals surface area contributed by atoms with Crippen molar-refractivity contribution >= 4 is 28.4 Å². The zero-order valence-corrected chi connectivity index (χ0v) is 15.4. The number of benzene rings is 1. The summed E-state index contributed by atoms with van der Waals surface area (Å²) < 4.78 is 4.14. The number of hydrogen-bond donors (Lipinski definition) is 0. The maximum atomic E-state index is 12.9. The van der Waals surface area contributed by atoms with E-state index in [2.05, 4.69) is 20.8 Å². The summed E-state index contributed by atoms with van der Waals surface area (Å²) in [6.45, 7) is 2.55. The van der Waals surface area contributed by atoms with Crippen LogP contribution in [0.15, 0.2) is 35.6 Å². The number of carbonyl (C=O) groups is 1. The summed E-state index contributed by atoms with van der Waals surface area (Å²) in [4.78, 5) is 12.9. The molecule has 26 heavy (non-hydrogen) atoms. The number of nitrogens with zero attached hydrogens (tertiary/aromatic N) is 5. The Morgan fingerprint density at radius 1 is 1.35 bits per heavy atom. The molecule has 1 aliphatic rings. The van der Waals surface area contributed by atoms with E-state index in [1.807, 2.05) is 42.0 Å². The molecular formula is C19H19N5OS. The zero-order valence-electron chi connectivity index (χ0n) is 14.6. The van der Waals surface area contributed by atoms with Crippen LogP contribution < -0.4 is 0 Å². The summed E-state index contributed by atoms with van der Waals surface area (Å²) in [5.41, 5.74) is 1.70. The van der Waals surface area contributed by atoms with Crippen molar-refractivity contribution in [2.24, 2.45) is 0 Å². The standard InChI is InChI=1S/C19H19N5OS/c1-13-21-22-19(24(13)14-7-8-14)26-12-18(25)16-11-23(10-4-9-20)17-6-3-2-5-15(16)17/h2-3,5-6,11,14H,4,7-8,10,12H2,1H3. The van der Waals surface area contributed by atoms with Gasteiger partial charge in [0.05, 0.1) is 18.2 Å². The molecule has 7 heteroatoms. The zero-order chi connectivity index (χ0) is 18.1. The predicted octanol–water partition coefficient (Wildman–Crippen LogP) is 3.76. The van der Waals surface area contributed by atoms with E-state index in [1.165, 1.54) is 11.8 Å². The quantitative estimate of drug-likeness (QED) is 0.470. The molecule has 0 amide bonds. The molecule has 132 valence electrons. The summed E-state index contributed by atoms with van der Waals surface area (Å²) in [5, 5.41) is 19.0. The van der Waals surface area contributed by atoms with Crippen LogP contribution in [-0.4, -0.2) is 30.9 Å². The van der Waals surface area contributed by atoms with E-state index >= 15 is 0 Å². The monoisotopic (exact) mass is 365 g/mol. The third-order valence-corrected chi connectivity index (χ3v) is 5.58. The first-order valence-corrected chi connectivity index (χ1v) is 9.70. The molecule has 1 fully saturated rings. The Morgan fingerprint density at radius 2 is 2.15 bits per heavy atom. The highest BCUT2D eigenvalue weighted by atomic mass is 32.2. The van der Waals surface area contributed by atoms with Gasteiger partial charge in [0.15, 0.2) is 10.9 Å². The Labute approximate surface area is 155 Å². The van der Waals surface area contributed by atoms with Gasteiger partial charge >= 0.3 is 0 Å². The van der Waals surface area contributed by atoms with Crippen LogP contribution >= 0.6 is 11.8 Å². The number of rotatable bonds is 7. The van der Waals surface area contributed by atoms with E-state index in [0.29, 0.717) is 30.3 Å². The number of carbonyl (C=O) groups excluding carboxylic acids is 1. The molecule has 2 aromatic heterocycles. The number of nitriles is 1. The summed E-state index contributed by atoms with van der Waals surface area (Å²) >= 11 is 1.45. The van der Waals surface area contributed by atoms with Crippen molar-refractivity contribution in [1.82, 2.24) is 19.3 Å². The summed E-state index contributed by atoms with van der Waals surface area (Å²) in [5.74, 6) is 1.32. The van der Waals surface area contributed by atoms with Crippen LogP contribution in [0.2, 0.25) is 0 Å². The fraction of sp³-hybridized carbons (Fsp3) is 0.368. The van der Waals surface area contributed by atoms with Gasteiger partial charge in [-0.25, -0.2) is 0 Å². The summed E-state index contributed by atoms with van der Waals surface area (Å²) in [6, 6.07) is 10.5. The van der Waals surface area contributed by atoms with Gasteiger partial charge < -0.3 is 9.13 Å². The Morgan fingerprint density at radius 3 is 2.92 bits per heavy atom. The molecule has 0 bridgehead atoms. The minimum absolute atomic E-state index is 0.0740. The van der Waals surface area contributed by atoms with Crippen LogP contribution in [-0.2, 0) is 6.54 Å². The highest BCUT2D eigenvalue weighted by molar-refractivity contribution is 7.99. The molecule has 6 nitrogen and oxygen atoms in total. The predicted molar refractivity (Wildman–Crippen MR) is 100 cm³/mol. The highest BCUT2D eigenvalue weighted by Crippen LogP contribution is 2.38. The molecule has 0 N–H and O–H groups in total. The van der Waals surface area contributed by atoms with Crippen molar-refractivity contribution in [2.45, 2.75) is 43.9 Å². The van der Waals surface area contributed by atoms with Crippen LogP contribution in [0.1, 0.15) is 41.5 Å². The van der Waals surface area contributed by atoms with Crippen molar-refractivity contribution in [1.29, 1.82) is 5.26 Å². The number of ketones is 1. The van der Waals surface area contributed by atoms with Crippen LogP contribution in [0.25, 0.3) is 10.9 Å². The molecule has 1 aliphatic carbocycles. The summed E-state index contributed by atoms with van der Waals surface area (Å²) in [7, 11) is 0. The van der Waals surface area contributed by atoms with Gasteiger partial charge in [-0.15, -0.1) is 10.2 Å².